The van der Waals surface area contributed by atoms with Crippen molar-refractivity contribution in [3.63, 3.8) is 0 Å². The molecule has 0 fully saturated rings. The molecule has 0 heterocycles. The van der Waals surface area contributed by atoms with E-state index in [-0.39, 0.29) is 17.2 Å². The maximum atomic E-state index is 13.7. The van der Waals surface area contributed by atoms with Crippen molar-refractivity contribution in [1.29, 1.82) is 0 Å². The summed E-state index contributed by atoms with van der Waals surface area (Å²) in [6.07, 6.45) is 0. The quantitative estimate of drug-likeness (QED) is 0.847. The van der Waals surface area contributed by atoms with E-state index in [1.165, 1.54) is 12.1 Å². The number of nitrogens with two attached hydrogens (primary N) is 1. The summed E-state index contributed by atoms with van der Waals surface area (Å²) in [4.78, 5) is 0.177. The van der Waals surface area contributed by atoms with Gasteiger partial charge in [-0.15, -0.1) is 0 Å². The number of thiocarbonyl (C=S) groups is 1. The van der Waals surface area contributed by atoms with Gasteiger partial charge in [0.1, 0.15) is 23.2 Å². The number of ether oxygens (including phenoxy) is 1. The predicted molar refractivity (Wildman–Crippen MR) is 83.1 cm³/mol. The molecule has 0 radical (unpaired) electrons. The molecule has 20 heavy (non-hydrogen) atoms. The lowest BCUT2D eigenvalue weighted by Crippen LogP contribution is -2.12. The van der Waals surface area contributed by atoms with Gasteiger partial charge in [0.15, 0.2) is 0 Å². The number of hydrogen-bond acceptors (Lipinski definition) is 2. The highest BCUT2D eigenvalue weighted by molar-refractivity contribution is 7.80. The van der Waals surface area contributed by atoms with Gasteiger partial charge in [-0.25, -0.2) is 4.39 Å². The molecule has 104 valence electrons. The Hall–Kier alpha value is -1.36. The second-order valence-electron chi connectivity index (χ2n) is 3.99. The van der Waals surface area contributed by atoms with Crippen LogP contribution in [0.15, 0.2) is 36.4 Å². The lowest BCUT2D eigenvalue weighted by atomic mass is 10.2. The second kappa shape index (κ2) is 6.39. The molecular weight excluding hydrogens is 320 g/mol. The van der Waals surface area contributed by atoms with E-state index >= 15 is 0 Å². The van der Waals surface area contributed by atoms with Crippen molar-refractivity contribution in [3.8, 4) is 5.75 Å². The number of rotatable bonds is 4. The van der Waals surface area contributed by atoms with E-state index in [1.54, 1.807) is 24.3 Å². The minimum absolute atomic E-state index is 0.0402. The summed E-state index contributed by atoms with van der Waals surface area (Å²) in [7, 11) is 0. The molecule has 2 aromatic carbocycles. The van der Waals surface area contributed by atoms with Crippen LogP contribution in [0.25, 0.3) is 0 Å². The molecule has 0 saturated carbocycles. The van der Waals surface area contributed by atoms with Crippen LogP contribution in [0.5, 0.6) is 5.75 Å². The normalized spacial score (nSPS) is 10.3. The van der Waals surface area contributed by atoms with Crippen LogP contribution in [0.2, 0.25) is 10.0 Å². The Morgan fingerprint density at radius 3 is 2.65 bits per heavy atom. The highest BCUT2D eigenvalue weighted by Gasteiger charge is 2.11. The van der Waals surface area contributed by atoms with Gasteiger partial charge in [-0.1, -0.05) is 41.5 Å². The van der Waals surface area contributed by atoms with E-state index in [1.807, 2.05) is 0 Å². The first-order chi connectivity index (χ1) is 9.49. The number of benzene rings is 2. The summed E-state index contributed by atoms with van der Waals surface area (Å²) in [6, 6.07) is 9.32. The fraction of sp³-hybridized carbons (Fsp3) is 0.0714. The van der Waals surface area contributed by atoms with Gasteiger partial charge in [0, 0.05) is 10.6 Å². The second-order valence-corrected chi connectivity index (χ2v) is 5.28. The van der Waals surface area contributed by atoms with E-state index in [9.17, 15) is 4.39 Å². The Bertz CT molecular complexity index is 643. The fourth-order valence-electron chi connectivity index (χ4n) is 1.64. The van der Waals surface area contributed by atoms with Gasteiger partial charge in [-0.3, -0.25) is 0 Å². The molecular formula is C14H10Cl2FNOS. The zero-order chi connectivity index (χ0) is 14.7. The minimum Gasteiger partial charge on any atom is -0.488 e. The molecule has 6 heteroatoms. The van der Waals surface area contributed by atoms with Crippen molar-refractivity contribution in [2.45, 2.75) is 6.61 Å². The molecule has 0 saturated heterocycles. The molecule has 0 spiro atoms. The first-order valence-corrected chi connectivity index (χ1v) is 6.80. The standard InChI is InChI=1S/C14H10Cl2FNOS/c15-8-4-5-9(14(18)20)13(6-8)19-7-10-11(16)2-1-3-12(10)17/h1-6H,7H2,(H2,18,20). The van der Waals surface area contributed by atoms with Crippen LogP contribution < -0.4 is 10.5 Å². The smallest absolute Gasteiger partial charge is 0.131 e. The van der Waals surface area contributed by atoms with Crippen LogP contribution >= 0.6 is 35.4 Å². The van der Waals surface area contributed by atoms with Gasteiger partial charge in [0.2, 0.25) is 0 Å². The predicted octanol–water partition coefficient (Wildman–Crippen LogP) is 4.35. The van der Waals surface area contributed by atoms with Gasteiger partial charge in [-0.05, 0) is 30.3 Å². The third-order valence-electron chi connectivity index (χ3n) is 2.64. The Balaban J connectivity index is 2.27. The molecule has 0 unspecified atom stereocenters. The van der Waals surface area contributed by atoms with Gasteiger partial charge < -0.3 is 10.5 Å². The average Bonchev–Trinajstić information content (AvgIpc) is 2.37. The summed E-state index contributed by atoms with van der Waals surface area (Å²) in [5.74, 6) is -0.0410. The van der Waals surface area contributed by atoms with Gasteiger partial charge in [-0.2, -0.15) is 0 Å². The molecule has 0 aliphatic heterocycles. The molecule has 2 nitrogen and oxygen atoms in total. The topological polar surface area (TPSA) is 35.2 Å². The van der Waals surface area contributed by atoms with E-state index in [4.69, 9.17) is 45.9 Å². The molecule has 0 atom stereocenters. The summed E-state index contributed by atoms with van der Waals surface area (Å²) >= 11 is 16.8. The number of halogens is 3. The van der Waals surface area contributed by atoms with Crippen molar-refractivity contribution >= 4 is 40.4 Å². The Morgan fingerprint density at radius 2 is 2.00 bits per heavy atom. The van der Waals surface area contributed by atoms with Crippen molar-refractivity contribution < 1.29 is 9.13 Å². The first kappa shape index (κ1) is 15.0. The van der Waals surface area contributed by atoms with Crippen molar-refractivity contribution in [3.05, 3.63) is 63.4 Å². The van der Waals surface area contributed by atoms with Crippen LogP contribution in [-0.2, 0) is 6.61 Å². The maximum absolute atomic E-state index is 13.7. The molecule has 2 aromatic rings. The van der Waals surface area contributed by atoms with Crippen LogP contribution in [0.3, 0.4) is 0 Å². The zero-order valence-electron chi connectivity index (χ0n) is 10.2. The Morgan fingerprint density at radius 1 is 1.25 bits per heavy atom. The Kier molecular flexibility index (Phi) is 4.81. The lowest BCUT2D eigenvalue weighted by Gasteiger charge is -2.12. The largest absolute Gasteiger partial charge is 0.488 e. The summed E-state index contributed by atoms with van der Waals surface area (Å²) in [5.41, 5.74) is 6.41. The SMILES string of the molecule is NC(=S)c1ccc(Cl)cc1OCc1c(F)cccc1Cl. The van der Waals surface area contributed by atoms with E-state index in [0.29, 0.717) is 21.4 Å². The van der Waals surface area contributed by atoms with Crippen LogP contribution in [-0.4, -0.2) is 4.99 Å². The highest BCUT2D eigenvalue weighted by atomic mass is 35.5. The maximum Gasteiger partial charge on any atom is 0.131 e. The van der Waals surface area contributed by atoms with Gasteiger partial charge >= 0.3 is 0 Å². The third kappa shape index (κ3) is 3.39. The third-order valence-corrected chi connectivity index (χ3v) is 3.45. The van der Waals surface area contributed by atoms with Crippen molar-refractivity contribution in [1.82, 2.24) is 0 Å². The molecule has 0 aliphatic carbocycles. The van der Waals surface area contributed by atoms with E-state index in [0.717, 1.165) is 0 Å². The van der Waals surface area contributed by atoms with Crippen LogP contribution in [0, 0.1) is 5.82 Å². The highest BCUT2D eigenvalue weighted by Crippen LogP contribution is 2.26. The summed E-state index contributed by atoms with van der Waals surface area (Å²) in [6.45, 7) is -0.0402. The molecule has 0 aromatic heterocycles. The van der Waals surface area contributed by atoms with Crippen LogP contribution in [0.4, 0.5) is 4.39 Å². The monoisotopic (exact) mass is 329 g/mol. The molecule has 0 bridgehead atoms. The Labute approximate surface area is 131 Å². The molecule has 2 N–H and O–H groups in total. The first-order valence-electron chi connectivity index (χ1n) is 5.64. The lowest BCUT2D eigenvalue weighted by molar-refractivity contribution is 0.299. The molecule has 0 amide bonds. The van der Waals surface area contributed by atoms with Gasteiger partial charge in [0.25, 0.3) is 0 Å². The van der Waals surface area contributed by atoms with E-state index < -0.39 is 5.82 Å². The average molecular weight is 330 g/mol. The van der Waals surface area contributed by atoms with Crippen molar-refractivity contribution in [2.75, 3.05) is 0 Å². The zero-order valence-corrected chi connectivity index (χ0v) is 12.5. The van der Waals surface area contributed by atoms with Gasteiger partial charge in [0.05, 0.1) is 10.6 Å². The van der Waals surface area contributed by atoms with Crippen molar-refractivity contribution in [2.24, 2.45) is 5.73 Å². The number of hydrogen-bond donors (Lipinski definition) is 1. The minimum atomic E-state index is -0.434. The molecule has 0 aliphatic rings. The van der Waals surface area contributed by atoms with Crippen LogP contribution in [0.1, 0.15) is 11.1 Å². The summed E-state index contributed by atoms with van der Waals surface area (Å²) < 4.78 is 19.2. The van der Waals surface area contributed by atoms with E-state index in [2.05, 4.69) is 0 Å². The fourth-order valence-corrected chi connectivity index (χ4v) is 2.19. The summed E-state index contributed by atoms with van der Waals surface area (Å²) in [5, 5.41) is 0.767. The molecule has 2 rings (SSSR count).